The maximum Gasteiger partial charge on any atom is 0.241 e. The molecule has 2 N–H and O–H groups in total. The minimum absolute atomic E-state index is 0.0410. The number of nitrogens with zero attached hydrogens (tertiary/aromatic N) is 3. The van der Waals surface area contributed by atoms with Crippen molar-refractivity contribution in [2.45, 2.75) is 32.9 Å². The van der Waals surface area contributed by atoms with Gasteiger partial charge in [0.15, 0.2) is 11.7 Å². The number of amides is 1. The summed E-state index contributed by atoms with van der Waals surface area (Å²) in [6.45, 7) is 5.15. The van der Waals surface area contributed by atoms with Crippen LogP contribution in [-0.4, -0.2) is 49.7 Å². The predicted octanol–water partition coefficient (Wildman–Crippen LogP) is 2.13. The molecule has 152 valence electrons. The number of benzene rings is 1. The molecule has 0 spiro atoms. The van der Waals surface area contributed by atoms with Crippen molar-refractivity contribution in [1.82, 2.24) is 20.7 Å². The fourth-order valence-electron chi connectivity index (χ4n) is 2.25. The van der Waals surface area contributed by atoms with Gasteiger partial charge in [-0.3, -0.25) is 4.79 Å². The van der Waals surface area contributed by atoms with E-state index in [0.717, 1.165) is 17.0 Å². The van der Waals surface area contributed by atoms with Crippen LogP contribution in [0, 0.1) is 0 Å². The highest BCUT2D eigenvalue weighted by atomic mass is 16.5. The Bertz CT molecular complexity index is 781. The first-order valence-corrected chi connectivity index (χ1v) is 9.19. The summed E-state index contributed by atoms with van der Waals surface area (Å²) in [5.74, 6) is 2.29. The average Bonchev–Trinajstić information content (AvgIpc) is 3.16. The van der Waals surface area contributed by atoms with Gasteiger partial charge in [0.1, 0.15) is 5.75 Å². The number of nitrogens with one attached hydrogen (secondary N) is 2. The quantitative estimate of drug-likeness (QED) is 0.533. The van der Waals surface area contributed by atoms with Gasteiger partial charge in [-0.05, 0) is 23.6 Å². The summed E-state index contributed by atoms with van der Waals surface area (Å²) in [6.07, 6.45) is 0. The van der Waals surface area contributed by atoms with Gasteiger partial charge in [-0.2, -0.15) is 0 Å². The number of rotatable bonds is 8. The van der Waals surface area contributed by atoms with E-state index < -0.39 is 0 Å². The third kappa shape index (κ3) is 6.61. The lowest BCUT2D eigenvalue weighted by Crippen LogP contribution is -2.42. The molecular weight excluding hydrogens is 358 g/mol. The molecule has 0 saturated heterocycles. The van der Waals surface area contributed by atoms with Crippen molar-refractivity contribution in [3.05, 3.63) is 47.3 Å². The van der Waals surface area contributed by atoms with Gasteiger partial charge in [0, 0.05) is 20.2 Å². The van der Waals surface area contributed by atoms with Crippen molar-refractivity contribution in [1.29, 1.82) is 0 Å². The van der Waals surface area contributed by atoms with E-state index >= 15 is 0 Å². The molecule has 0 radical (unpaired) electrons. The predicted molar refractivity (Wildman–Crippen MR) is 108 cm³/mol. The zero-order valence-corrected chi connectivity index (χ0v) is 17.2. The molecule has 0 aliphatic rings. The molecule has 8 heteroatoms. The highest BCUT2D eigenvalue weighted by Crippen LogP contribution is 2.14. The molecule has 1 amide bonds. The Morgan fingerprint density at radius 3 is 2.54 bits per heavy atom. The van der Waals surface area contributed by atoms with Gasteiger partial charge in [-0.1, -0.05) is 31.1 Å². The van der Waals surface area contributed by atoms with Crippen LogP contribution in [0.3, 0.4) is 0 Å². The first-order valence-electron chi connectivity index (χ1n) is 9.19. The first kappa shape index (κ1) is 21.3. The standard InChI is InChI=1S/C20H29N5O3/c1-14(2)18-10-17(28-24-18)12-22-20(23-13-19(26)25(3)4)21-11-15-6-8-16(27-5)9-7-15/h6-10,14H,11-13H2,1-5H3,(H2,21,22,23). The van der Waals surface area contributed by atoms with Crippen LogP contribution in [0.2, 0.25) is 0 Å². The van der Waals surface area contributed by atoms with Crippen molar-refractivity contribution < 1.29 is 14.1 Å². The molecule has 0 saturated carbocycles. The molecule has 1 aromatic heterocycles. The fourth-order valence-corrected chi connectivity index (χ4v) is 2.25. The highest BCUT2D eigenvalue weighted by molar-refractivity contribution is 5.86. The number of carbonyl (C=O) groups is 1. The third-order valence-corrected chi connectivity index (χ3v) is 4.08. The van der Waals surface area contributed by atoms with Gasteiger partial charge in [-0.25, -0.2) is 4.99 Å². The molecule has 2 aromatic rings. The van der Waals surface area contributed by atoms with E-state index in [9.17, 15) is 4.79 Å². The number of methoxy groups -OCH3 is 1. The summed E-state index contributed by atoms with van der Waals surface area (Å²) in [7, 11) is 5.07. The lowest BCUT2D eigenvalue weighted by atomic mass is 10.1. The third-order valence-electron chi connectivity index (χ3n) is 4.08. The van der Waals surface area contributed by atoms with Crippen LogP contribution < -0.4 is 15.4 Å². The van der Waals surface area contributed by atoms with Gasteiger partial charge in [0.25, 0.3) is 0 Å². The van der Waals surface area contributed by atoms with E-state index in [1.54, 1.807) is 21.2 Å². The summed E-state index contributed by atoms with van der Waals surface area (Å²) in [4.78, 5) is 18.0. The molecule has 1 aromatic carbocycles. The maximum absolute atomic E-state index is 11.9. The van der Waals surface area contributed by atoms with Gasteiger partial charge < -0.3 is 24.8 Å². The van der Waals surface area contributed by atoms with Gasteiger partial charge in [-0.15, -0.1) is 0 Å². The van der Waals surface area contributed by atoms with E-state index in [4.69, 9.17) is 9.26 Å². The van der Waals surface area contributed by atoms with Crippen molar-refractivity contribution >= 4 is 11.9 Å². The number of hydrogen-bond acceptors (Lipinski definition) is 5. The molecule has 0 atom stereocenters. The monoisotopic (exact) mass is 387 g/mol. The number of guanidine groups is 1. The molecular formula is C20H29N5O3. The Labute approximate surface area is 165 Å². The Balaban J connectivity index is 2.02. The van der Waals surface area contributed by atoms with Crippen molar-refractivity contribution in [3.8, 4) is 5.75 Å². The summed E-state index contributed by atoms with van der Waals surface area (Å²) in [6, 6.07) is 9.61. The zero-order valence-electron chi connectivity index (χ0n) is 17.2. The van der Waals surface area contributed by atoms with Crippen molar-refractivity contribution in [2.24, 2.45) is 4.99 Å². The van der Waals surface area contributed by atoms with Crippen molar-refractivity contribution in [3.63, 3.8) is 0 Å². The lowest BCUT2D eigenvalue weighted by Gasteiger charge is -2.14. The average molecular weight is 387 g/mol. The van der Waals surface area contributed by atoms with E-state index in [2.05, 4.69) is 34.6 Å². The van der Waals surface area contributed by atoms with Crippen LogP contribution in [0.4, 0.5) is 0 Å². The minimum atomic E-state index is -0.0410. The second-order valence-electron chi connectivity index (χ2n) is 6.88. The van der Waals surface area contributed by atoms with Gasteiger partial charge in [0.2, 0.25) is 5.91 Å². The van der Waals surface area contributed by atoms with Crippen LogP contribution in [0.25, 0.3) is 0 Å². The summed E-state index contributed by atoms with van der Waals surface area (Å²) < 4.78 is 10.5. The van der Waals surface area contributed by atoms with Crippen LogP contribution >= 0.6 is 0 Å². The number of ether oxygens (including phenoxy) is 1. The van der Waals surface area contributed by atoms with Gasteiger partial charge in [0.05, 0.1) is 32.4 Å². The first-order chi connectivity index (χ1) is 13.4. The van der Waals surface area contributed by atoms with Crippen LogP contribution in [-0.2, 0) is 17.9 Å². The summed E-state index contributed by atoms with van der Waals surface area (Å²) in [5, 5.41) is 10.3. The topological polar surface area (TPSA) is 92.0 Å². The Morgan fingerprint density at radius 1 is 1.25 bits per heavy atom. The number of hydrogen-bond donors (Lipinski definition) is 2. The molecule has 8 nitrogen and oxygen atoms in total. The lowest BCUT2D eigenvalue weighted by molar-refractivity contribution is -0.127. The molecule has 0 aliphatic heterocycles. The number of aromatic nitrogens is 1. The van der Waals surface area contributed by atoms with E-state index in [-0.39, 0.29) is 12.5 Å². The van der Waals surface area contributed by atoms with Crippen LogP contribution in [0.15, 0.2) is 39.8 Å². The Morgan fingerprint density at radius 2 is 1.96 bits per heavy atom. The number of aliphatic imine (C=N–C) groups is 1. The molecule has 28 heavy (non-hydrogen) atoms. The number of carbonyl (C=O) groups excluding carboxylic acids is 1. The largest absolute Gasteiger partial charge is 0.497 e. The number of likely N-dealkylation sites (N-methyl/N-ethyl adjacent to an activating group) is 1. The second-order valence-corrected chi connectivity index (χ2v) is 6.88. The smallest absolute Gasteiger partial charge is 0.241 e. The Kier molecular flexibility index (Phi) is 7.86. The van der Waals surface area contributed by atoms with E-state index in [1.807, 2.05) is 30.3 Å². The van der Waals surface area contributed by atoms with Crippen LogP contribution in [0.5, 0.6) is 5.75 Å². The van der Waals surface area contributed by atoms with E-state index in [1.165, 1.54) is 4.90 Å². The zero-order chi connectivity index (χ0) is 20.5. The molecule has 0 unspecified atom stereocenters. The maximum atomic E-state index is 11.9. The summed E-state index contributed by atoms with van der Waals surface area (Å²) >= 11 is 0. The molecule has 2 rings (SSSR count). The van der Waals surface area contributed by atoms with Crippen molar-refractivity contribution in [2.75, 3.05) is 27.7 Å². The minimum Gasteiger partial charge on any atom is -0.497 e. The van der Waals surface area contributed by atoms with Gasteiger partial charge >= 0.3 is 0 Å². The normalized spacial score (nSPS) is 11.4. The molecule has 0 bridgehead atoms. The molecule has 0 fully saturated rings. The fraction of sp³-hybridized carbons (Fsp3) is 0.450. The van der Waals surface area contributed by atoms with Crippen LogP contribution in [0.1, 0.15) is 36.8 Å². The molecule has 1 heterocycles. The second kappa shape index (κ2) is 10.3. The molecule has 0 aliphatic carbocycles. The highest BCUT2D eigenvalue weighted by Gasteiger charge is 2.10. The Hall–Kier alpha value is -3.03. The SMILES string of the molecule is COc1ccc(CN=C(NCC(=O)N(C)C)NCc2cc(C(C)C)no2)cc1. The van der Waals surface area contributed by atoms with E-state index in [0.29, 0.717) is 30.7 Å². The summed E-state index contributed by atoms with van der Waals surface area (Å²) in [5.41, 5.74) is 1.94.